The van der Waals surface area contributed by atoms with E-state index >= 15 is 0 Å². The summed E-state index contributed by atoms with van der Waals surface area (Å²) >= 11 is 3.39. The molecule has 0 aliphatic heterocycles. The molecule has 0 aliphatic rings. The van der Waals surface area contributed by atoms with Crippen molar-refractivity contribution in [1.82, 2.24) is 4.72 Å². The van der Waals surface area contributed by atoms with Crippen LogP contribution in [0.15, 0.2) is 51.8 Å². The standard InChI is InChI=1S/C16H18BrNO3S/c1-11-9-15(7-8-16(11)21-3)22(19,20)18-12(2)13-5-4-6-14(17)10-13/h4-10,12,18H,1-3H3/t12-/m0/s1. The minimum absolute atomic E-state index is 0.229. The van der Waals surface area contributed by atoms with Crippen molar-refractivity contribution in [2.75, 3.05) is 7.11 Å². The summed E-state index contributed by atoms with van der Waals surface area (Å²) in [5, 5.41) is 0. The first-order chi connectivity index (χ1) is 10.3. The van der Waals surface area contributed by atoms with Gasteiger partial charge in [-0.05, 0) is 55.3 Å². The number of hydrogen-bond donors (Lipinski definition) is 1. The van der Waals surface area contributed by atoms with Gasteiger partial charge in [-0.2, -0.15) is 0 Å². The van der Waals surface area contributed by atoms with Crippen molar-refractivity contribution in [2.24, 2.45) is 0 Å². The highest BCUT2D eigenvalue weighted by molar-refractivity contribution is 9.10. The number of methoxy groups -OCH3 is 1. The summed E-state index contributed by atoms with van der Waals surface area (Å²) in [7, 11) is -2.03. The quantitative estimate of drug-likeness (QED) is 0.853. The van der Waals surface area contributed by atoms with E-state index in [1.54, 1.807) is 25.3 Å². The van der Waals surface area contributed by atoms with Gasteiger partial charge < -0.3 is 4.74 Å². The maximum atomic E-state index is 12.5. The van der Waals surface area contributed by atoms with Crippen LogP contribution in [0.25, 0.3) is 0 Å². The fourth-order valence-corrected chi connectivity index (χ4v) is 3.90. The van der Waals surface area contributed by atoms with Crippen molar-refractivity contribution < 1.29 is 13.2 Å². The molecule has 1 atom stereocenters. The van der Waals surface area contributed by atoms with Gasteiger partial charge in [0.1, 0.15) is 5.75 Å². The molecular formula is C16H18BrNO3S. The van der Waals surface area contributed by atoms with E-state index in [9.17, 15) is 8.42 Å². The van der Waals surface area contributed by atoms with Crippen molar-refractivity contribution in [3.63, 3.8) is 0 Å². The van der Waals surface area contributed by atoms with Crippen LogP contribution in [0, 0.1) is 6.92 Å². The van der Waals surface area contributed by atoms with Crippen molar-refractivity contribution >= 4 is 26.0 Å². The van der Waals surface area contributed by atoms with E-state index in [1.807, 2.05) is 38.1 Å². The summed E-state index contributed by atoms with van der Waals surface area (Å²) in [6.07, 6.45) is 0. The first-order valence-corrected chi connectivity index (χ1v) is 9.03. The molecule has 0 saturated heterocycles. The number of sulfonamides is 1. The van der Waals surface area contributed by atoms with Crippen LogP contribution >= 0.6 is 15.9 Å². The van der Waals surface area contributed by atoms with Gasteiger partial charge in [0.2, 0.25) is 10.0 Å². The summed E-state index contributed by atoms with van der Waals surface area (Å²) in [5.41, 5.74) is 1.67. The zero-order valence-corrected chi connectivity index (χ0v) is 15.0. The second-order valence-corrected chi connectivity index (χ2v) is 7.66. The lowest BCUT2D eigenvalue weighted by atomic mass is 10.1. The highest BCUT2D eigenvalue weighted by atomic mass is 79.9. The molecule has 118 valence electrons. The van der Waals surface area contributed by atoms with Crippen LogP contribution in [-0.2, 0) is 10.0 Å². The number of ether oxygens (including phenoxy) is 1. The molecule has 4 nitrogen and oxygen atoms in total. The number of rotatable bonds is 5. The van der Waals surface area contributed by atoms with Crippen molar-refractivity contribution in [2.45, 2.75) is 24.8 Å². The van der Waals surface area contributed by atoms with Crippen LogP contribution in [0.4, 0.5) is 0 Å². The minimum Gasteiger partial charge on any atom is -0.496 e. The molecule has 0 radical (unpaired) electrons. The van der Waals surface area contributed by atoms with E-state index < -0.39 is 10.0 Å². The SMILES string of the molecule is COc1ccc(S(=O)(=O)N[C@@H](C)c2cccc(Br)c2)cc1C. The van der Waals surface area contributed by atoms with E-state index in [0.717, 1.165) is 15.6 Å². The third kappa shape index (κ3) is 3.88. The van der Waals surface area contributed by atoms with Gasteiger partial charge in [0, 0.05) is 10.5 Å². The van der Waals surface area contributed by atoms with Gasteiger partial charge in [-0.3, -0.25) is 0 Å². The summed E-state index contributed by atoms with van der Waals surface area (Å²) in [4.78, 5) is 0.229. The molecule has 0 spiro atoms. The molecule has 6 heteroatoms. The van der Waals surface area contributed by atoms with Crippen molar-refractivity contribution in [3.05, 3.63) is 58.1 Å². The van der Waals surface area contributed by atoms with Gasteiger partial charge in [-0.25, -0.2) is 13.1 Å². The Morgan fingerprint density at radius 3 is 2.50 bits per heavy atom. The first kappa shape index (κ1) is 17.0. The van der Waals surface area contributed by atoms with Gasteiger partial charge in [-0.15, -0.1) is 0 Å². The Kier molecular flexibility index (Phi) is 5.26. The smallest absolute Gasteiger partial charge is 0.241 e. The second-order valence-electron chi connectivity index (χ2n) is 5.03. The molecule has 0 saturated carbocycles. The molecule has 0 fully saturated rings. The van der Waals surface area contributed by atoms with Gasteiger partial charge in [0.15, 0.2) is 0 Å². The Balaban J connectivity index is 2.25. The molecule has 2 aromatic carbocycles. The van der Waals surface area contributed by atoms with Crippen LogP contribution < -0.4 is 9.46 Å². The van der Waals surface area contributed by atoms with Crippen molar-refractivity contribution in [3.8, 4) is 5.75 Å². The Morgan fingerprint density at radius 2 is 1.91 bits per heavy atom. The van der Waals surface area contributed by atoms with Gasteiger partial charge in [0.05, 0.1) is 12.0 Å². The first-order valence-electron chi connectivity index (χ1n) is 6.76. The maximum Gasteiger partial charge on any atom is 0.241 e. The number of aryl methyl sites for hydroxylation is 1. The number of nitrogens with one attached hydrogen (secondary N) is 1. The highest BCUT2D eigenvalue weighted by Crippen LogP contribution is 2.24. The molecule has 0 heterocycles. The molecule has 0 aromatic heterocycles. The molecule has 2 rings (SSSR count). The van der Waals surface area contributed by atoms with Crippen LogP contribution in [0.3, 0.4) is 0 Å². The van der Waals surface area contributed by atoms with Crippen LogP contribution in [0.1, 0.15) is 24.1 Å². The molecule has 2 aromatic rings. The Hall–Kier alpha value is -1.37. The van der Waals surface area contributed by atoms with E-state index in [2.05, 4.69) is 20.7 Å². The van der Waals surface area contributed by atoms with Gasteiger partial charge in [-0.1, -0.05) is 28.1 Å². The average molecular weight is 384 g/mol. The number of benzene rings is 2. The fourth-order valence-electron chi connectivity index (χ4n) is 2.16. The second kappa shape index (κ2) is 6.81. The molecule has 0 amide bonds. The summed E-state index contributed by atoms with van der Waals surface area (Å²) < 4.78 is 33.7. The molecule has 22 heavy (non-hydrogen) atoms. The normalized spacial score (nSPS) is 12.9. The van der Waals surface area contributed by atoms with Crippen LogP contribution in [0.2, 0.25) is 0 Å². The lowest BCUT2D eigenvalue weighted by Gasteiger charge is -2.16. The van der Waals surface area contributed by atoms with E-state index in [4.69, 9.17) is 4.74 Å². The molecular weight excluding hydrogens is 366 g/mol. The number of halogens is 1. The van der Waals surface area contributed by atoms with Gasteiger partial charge in [0.25, 0.3) is 0 Å². The monoisotopic (exact) mass is 383 g/mol. The largest absolute Gasteiger partial charge is 0.496 e. The van der Waals surface area contributed by atoms with E-state index in [0.29, 0.717) is 5.75 Å². The molecule has 0 aliphatic carbocycles. The summed E-state index contributed by atoms with van der Waals surface area (Å²) in [5.74, 6) is 0.666. The Labute approximate surface area is 139 Å². The van der Waals surface area contributed by atoms with Crippen LogP contribution in [-0.4, -0.2) is 15.5 Å². The van der Waals surface area contributed by atoms with E-state index in [-0.39, 0.29) is 10.9 Å². The zero-order chi connectivity index (χ0) is 16.3. The molecule has 0 unspecified atom stereocenters. The lowest BCUT2D eigenvalue weighted by molar-refractivity contribution is 0.411. The maximum absolute atomic E-state index is 12.5. The highest BCUT2D eigenvalue weighted by Gasteiger charge is 2.19. The number of hydrogen-bond acceptors (Lipinski definition) is 3. The lowest BCUT2D eigenvalue weighted by Crippen LogP contribution is -2.27. The zero-order valence-electron chi connectivity index (χ0n) is 12.6. The fraction of sp³-hybridized carbons (Fsp3) is 0.250. The predicted octanol–water partition coefficient (Wildman–Crippen LogP) is 3.81. The average Bonchev–Trinajstić information content (AvgIpc) is 2.46. The molecule has 1 N–H and O–H groups in total. The Morgan fingerprint density at radius 1 is 1.18 bits per heavy atom. The molecule has 0 bridgehead atoms. The summed E-state index contributed by atoms with van der Waals surface area (Å²) in [6.45, 7) is 3.63. The Bertz CT molecular complexity index is 775. The van der Waals surface area contributed by atoms with Crippen molar-refractivity contribution in [1.29, 1.82) is 0 Å². The predicted molar refractivity (Wildman–Crippen MR) is 90.6 cm³/mol. The van der Waals surface area contributed by atoms with E-state index in [1.165, 1.54) is 0 Å². The third-order valence-electron chi connectivity index (χ3n) is 3.36. The minimum atomic E-state index is -3.59. The van der Waals surface area contributed by atoms with Crippen LogP contribution in [0.5, 0.6) is 5.75 Å². The topological polar surface area (TPSA) is 55.4 Å². The third-order valence-corrected chi connectivity index (χ3v) is 5.39. The summed E-state index contributed by atoms with van der Waals surface area (Å²) in [6, 6.07) is 12.0. The van der Waals surface area contributed by atoms with Gasteiger partial charge >= 0.3 is 0 Å².